The van der Waals surface area contributed by atoms with Gasteiger partial charge in [-0.25, -0.2) is 0 Å². The molecule has 3 atom stereocenters. The highest BCUT2D eigenvalue weighted by Gasteiger charge is 2.39. The minimum Gasteiger partial charge on any atom is -0.383 e. The summed E-state index contributed by atoms with van der Waals surface area (Å²) in [5, 5.41) is 7.33. The summed E-state index contributed by atoms with van der Waals surface area (Å²) in [7, 11) is 1.72. The standard InChI is InChI=1S/C13H21N3OS/c1-17-5-4-16-12(14-15-13(16)18)8-11-7-9-2-3-10(11)6-9/h9-11H,2-8H2,1H3,(H,15,18). The van der Waals surface area contributed by atoms with Crippen molar-refractivity contribution in [3.63, 3.8) is 0 Å². The molecular weight excluding hydrogens is 246 g/mol. The Balaban J connectivity index is 1.70. The maximum absolute atomic E-state index is 5.28. The molecule has 0 aromatic carbocycles. The Labute approximate surface area is 113 Å². The van der Waals surface area contributed by atoms with E-state index in [0.717, 1.165) is 41.3 Å². The number of aromatic nitrogens is 3. The minimum absolute atomic E-state index is 0.692. The van der Waals surface area contributed by atoms with E-state index in [2.05, 4.69) is 14.8 Å². The summed E-state index contributed by atoms with van der Waals surface area (Å²) < 4.78 is 7.96. The number of H-pyrrole nitrogens is 1. The lowest BCUT2D eigenvalue weighted by atomic mass is 9.86. The lowest BCUT2D eigenvalue weighted by Gasteiger charge is -2.21. The van der Waals surface area contributed by atoms with Gasteiger partial charge in [-0.3, -0.25) is 5.10 Å². The first-order valence-electron chi connectivity index (χ1n) is 6.91. The molecule has 2 fully saturated rings. The molecule has 3 unspecified atom stereocenters. The van der Waals surface area contributed by atoms with Gasteiger partial charge in [0.1, 0.15) is 5.82 Å². The summed E-state index contributed by atoms with van der Waals surface area (Å²) >= 11 is 5.28. The van der Waals surface area contributed by atoms with Gasteiger partial charge in [-0.1, -0.05) is 6.42 Å². The third-order valence-electron chi connectivity index (χ3n) is 4.69. The van der Waals surface area contributed by atoms with Crippen LogP contribution in [0.5, 0.6) is 0 Å². The topological polar surface area (TPSA) is 42.8 Å². The predicted octanol–water partition coefficient (Wildman–Crippen LogP) is 2.57. The molecule has 4 nitrogen and oxygen atoms in total. The van der Waals surface area contributed by atoms with Gasteiger partial charge in [0, 0.05) is 20.1 Å². The van der Waals surface area contributed by atoms with E-state index in [0.29, 0.717) is 6.61 Å². The first-order chi connectivity index (χ1) is 8.78. The molecule has 0 aliphatic heterocycles. The summed E-state index contributed by atoms with van der Waals surface area (Å²) in [6, 6.07) is 0. The normalized spacial score (nSPS) is 30.2. The smallest absolute Gasteiger partial charge is 0.195 e. The SMILES string of the molecule is COCCn1c(CC2CC3CCC2C3)n[nH]c1=S. The molecule has 1 heterocycles. The van der Waals surface area contributed by atoms with Crippen LogP contribution >= 0.6 is 12.2 Å². The third-order valence-corrected chi connectivity index (χ3v) is 5.00. The predicted molar refractivity (Wildman–Crippen MR) is 71.9 cm³/mol. The molecule has 1 aromatic heterocycles. The van der Waals surface area contributed by atoms with E-state index in [4.69, 9.17) is 17.0 Å². The second kappa shape index (κ2) is 5.13. The van der Waals surface area contributed by atoms with Gasteiger partial charge in [0.15, 0.2) is 4.77 Å². The number of aromatic amines is 1. The molecule has 3 rings (SSSR count). The quantitative estimate of drug-likeness (QED) is 0.834. The number of ether oxygens (including phenoxy) is 1. The summed E-state index contributed by atoms with van der Waals surface area (Å²) in [5.74, 6) is 3.88. The Hall–Kier alpha value is -0.680. The average molecular weight is 267 g/mol. The number of hydrogen-bond donors (Lipinski definition) is 1. The maximum atomic E-state index is 5.28. The van der Waals surface area contributed by atoms with Crippen molar-refractivity contribution in [3.05, 3.63) is 10.6 Å². The Bertz CT molecular complexity index is 467. The Morgan fingerprint density at radius 1 is 1.44 bits per heavy atom. The molecule has 2 saturated carbocycles. The van der Waals surface area contributed by atoms with Gasteiger partial charge in [-0.2, -0.15) is 5.10 Å². The highest BCUT2D eigenvalue weighted by molar-refractivity contribution is 7.71. The van der Waals surface area contributed by atoms with E-state index in [1.165, 1.54) is 25.7 Å². The molecule has 0 radical (unpaired) electrons. The zero-order valence-electron chi connectivity index (χ0n) is 10.9. The Morgan fingerprint density at radius 3 is 3.00 bits per heavy atom. The van der Waals surface area contributed by atoms with E-state index < -0.39 is 0 Å². The number of nitrogens with zero attached hydrogens (tertiary/aromatic N) is 2. The van der Waals surface area contributed by atoms with Crippen LogP contribution in [0.4, 0.5) is 0 Å². The highest BCUT2D eigenvalue weighted by atomic mass is 32.1. The van der Waals surface area contributed by atoms with Crippen molar-refractivity contribution < 1.29 is 4.74 Å². The zero-order chi connectivity index (χ0) is 12.5. The highest BCUT2D eigenvalue weighted by Crippen LogP contribution is 2.49. The second-order valence-electron chi connectivity index (χ2n) is 5.73. The van der Waals surface area contributed by atoms with Crippen molar-refractivity contribution in [1.82, 2.24) is 14.8 Å². The third kappa shape index (κ3) is 2.26. The van der Waals surface area contributed by atoms with E-state index in [1.54, 1.807) is 7.11 Å². The zero-order valence-corrected chi connectivity index (χ0v) is 11.7. The molecule has 5 heteroatoms. The van der Waals surface area contributed by atoms with Crippen molar-refractivity contribution in [3.8, 4) is 0 Å². The molecule has 2 aliphatic rings. The molecule has 0 saturated heterocycles. The van der Waals surface area contributed by atoms with Crippen LogP contribution in [0.15, 0.2) is 0 Å². The van der Waals surface area contributed by atoms with Crippen LogP contribution in [-0.2, 0) is 17.7 Å². The van der Waals surface area contributed by atoms with Crippen LogP contribution in [0.3, 0.4) is 0 Å². The molecule has 100 valence electrons. The van der Waals surface area contributed by atoms with E-state index in [-0.39, 0.29) is 0 Å². The molecule has 1 aromatic rings. The number of hydrogen-bond acceptors (Lipinski definition) is 3. The molecule has 18 heavy (non-hydrogen) atoms. The van der Waals surface area contributed by atoms with Crippen LogP contribution < -0.4 is 0 Å². The lowest BCUT2D eigenvalue weighted by molar-refractivity contribution is 0.185. The summed E-state index contributed by atoms with van der Waals surface area (Å²) in [5.41, 5.74) is 0. The number of methoxy groups -OCH3 is 1. The number of nitrogens with one attached hydrogen (secondary N) is 1. The van der Waals surface area contributed by atoms with Crippen molar-refractivity contribution in [2.75, 3.05) is 13.7 Å². The van der Waals surface area contributed by atoms with Crippen LogP contribution in [0, 0.1) is 22.5 Å². The fourth-order valence-corrected chi connectivity index (χ4v) is 4.02. The van der Waals surface area contributed by atoms with Crippen LogP contribution in [0.2, 0.25) is 0 Å². The fraction of sp³-hybridized carbons (Fsp3) is 0.846. The molecule has 0 amide bonds. The van der Waals surface area contributed by atoms with Crippen molar-refractivity contribution >= 4 is 12.2 Å². The van der Waals surface area contributed by atoms with Gasteiger partial charge < -0.3 is 9.30 Å². The molecule has 2 bridgehead atoms. The van der Waals surface area contributed by atoms with Crippen LogP contribution in [-0.4, -0.2) is 28.5 Å². The van der Waals surface area contributed by atoms with Gasteiger partial charge in [0.25, 0.3) is 0 Å². The van der Waals surface area contributed by atoms with Crippen molar-refractivity contribution in [2.45, 2.75) is 38.6 Å². The van der Waals surface area contributed by atoms with Gasteiger partial charge in [-0.15, -0.1) is 0 Å². The Morgan fingerprint density at radius 2 is 2.33 bits per heavy atom. The lowest BCUT2D eigenvalue weighted by Crippen LogP contribution is -2.17. The van der Waals surface area contributed by atoms with E-state index in [9.17, 15) is 0 Å². The second-order valence-corrected chi connectivity index (χ2v) is 6.12. The molecule has 1 N–H and O–H groups in total. The molecular formula is C13H21N3OS. The maximum Gasteiger partial charge on any atom is 0.195 e. The molecule has 2 aliphatic carbocycles. The van der Waals surface area contributed by atoms with Crippen LogP contribution in [0.1, 0.15) is 31.5 Å². The summed E-state index contributed by atoms with van der Waals surface area (Å²) in [4.78, 5) is 0. The summed E-state index contributed by atoms with van der Waals surface area (Å²) in [6.45, 7) is 1.50. The first kappa shape index (κ1) is 12.4. The monoisotopic (exact) mass is 267 g/mol. The Kier molecular flexibility index (Phi) is 3.52. The summed E-state index contributed by atoms with van der Waals surface area (Å²) in [6.07, 6.45) is 6.82. The van der Waals surface area contributed by atoms with Gasteiger partial charge in [0.05, 0.1) is 6.61 Å². The first-order valence-corrected chi connectivity index (χ1v) is 7.31. The van der Waals surface area contributed by atoms with Crippen molar-refractivity contribution in [1.29, 1.82) is 0 Å². The number of fused-ring (bicyclic) bond motifs is 2. The largest absolute Gasteiger partial charge is 0.383 e. The van der Waals surface area contributed by atoms with Gasteiger partial charge >= 0.3 is 0 Å². The average Bonchev–Trinajstić information content (AvgIpc) is 3.05. The van der Waals surface area contributed by atoms with Crippen LogP contribution in [0.25, 0.3) is 0 Å². The van der Waals surface area contributed by atoms with E-state index >= 15 is 0 Å². The fourth-order valence-electron chi connectivity index (χ4n) is 3.78. The van der Waals surface area contributed by atoms with E-state index in [1.807, 2.05) is 0 Å². The van der Waals surface area contributed by atoms with Crippen molar-refractivity contribution in [2.24, 2.45) is 17.8 Å². The minimum atomic E-state index is 0.692. The van der Waals surface area contributed by atoms with Gasteiger partial charge in [-0.05, 0) is 49.2 Å². The molecule has 0 spiro atoms. The number of rotatable bonds is 5. The van der Waals surface area contributed by atoms with Gasteiger partial charge in [0.2, 0.25) is 0 Å².